The number of carbonyl (C=O) groups is 1. The van der Waals surface area contributed by atoms with E-state index in [2.05, 4.69) is 0 Å². The molecule has 1 unspecified atom stereocenters. The third kappa shape index (κ3) is 2.34. The molecule has 1 atom stereocenters. The summed E-state index contributed by atoms with van der Waals surface area (Å²) < 4.78 is 22.8. The smallest absolute Gasteiger partial charge is 0.335 e. The molecule has 0 aliphatic carbocycles. The summed E-state index contributed by atoms with van der Waals surface area (Å²) in [6, 6.07) is 4.67. The molecule has 82 valence electrons. The first kappa shape index (κ1) is 11.7. The first-order chi connectivity index (χ1) is 6.85. The lowest BCUT2D eigenvalue weighted by molar-refractivity contribution is 0.0697. The standard InChI is InChI=1S/C9H10O5S/c1-6(10)15(13,14)8-4-2-7(3-5-8)9(11)12/h2-6,10H,1H3,(H,11,12). The van der Waals surface area contributed by atoms with Gasteiger partial charge in [0.1, 0.15) is 0 Å². The SMILES string of the molecule is CC(O)S(=O)(=O)c1ccc(C(=O)O)cc1. The number of aliphatic hydroxyl groups excluding tert-OH is 1. The summed E-state index contributed by atoms with van der Waals surface area (Å²) in [4.78, 5) is 10.4. The Kier molecular flexibility index (Phi) is 3.11. The molecule has 0 amide bonds. The second-order valence-corrected chi connectivity index (χ2v) is 5.22. The molecular weight excluding hydrogens is 220 g/mol. The molecule has 0 radical (unpaired) electrons. The van der Waals surface area contributed by atoms with Gasteiger partial charge in [0.15, 0.2) is 5.44 Å². The van der Waals surface area contributed by atoms with Gasteiger partial charge in [0.25, 0.3) is 0 Å². The van der Waals surface area contributed by atoms with Gasteiger partial charge >= 0.3 is 5.97 Å². The van der Waals surface area contributed by atoms with Crippen LogP contribution in [0.5, 0.6) is 0 Å². The van der Waals surface area contributed by atoms with Gasteiger partial charge in [0.05, 0.1) is 10.5 Å². The zero-order chi connectivity index (χ0) is 11.6. The first-order valence-electron chi connectivity index (χ1n) is 4.11. The maximum absolute atomic E-state index is 11.4. The van der Waals surface area contributed by atoms with E-state index in [9.17, 15) is 13.2 Å². The lowest BCUT2D eigenvalue weighted by atomic mass is 10.2. The van der Waals surface area contributed by atoms with E-state index >= 15 is 0 Å². The van der Waals surface area contributed by atoms with Crippen LogP contribution in [0.3, 0.4) is 0 Å². The normalized spacial score (nSPS) is 13.5. The van der Waals surface area contributed by atoms with Crippen molar-refractivity contribution in [2.75, 3.05) is 0 Å². The molecule has 0 heterocycles. The van der Waals surface area contributed by atoms with E-state index < -0.39 is 21.2 Å². The molecule has 1 aromatic carbocycles. The Bertz CT molecular complexity index is 458. The molecule has 0 bridgehead atoms. The second kappa shape index (κ2) is 4.00. The number of sulfone groups is 1. The van der Waals surface area contributed by atoms with Crippen LogP contribution in [0.15, 0.2) is 29.2 Å². The number of benzene rings is 1. The second-order valence-electron chi connectivity index (χ2n) is 2.97. The third-order valence-corrected chi connectivity index (χ3v) is 3.71. The molecule has 1 aromatic rings. The van der Waals surface area contributed by atoms with E-state index in [1.807, 2.05) is 0 Å². The Morgan fingerprint density at radius 3 is 2.07 bits per heavy atom. The highest BCUT2D eigenvalue weighted by Crippen LogP contribution is 2.15. The monoisotopic (exact) mass is 230 g/mol. The molecule has 0 fully saturated rings. The molecule has 0 aliphatic rings. The molecule has 1 rings (SSSR count). The van der Waals surface area contributed by atoms with Crippen molar-refractivity contribution in [1.29, 1.82) is 0 Å². The summed E-state index contributed by atoms with van der Waals surface area (Å²) in [6.45, 7) is 1.14. The van der Waals surface area contributed by atoms with Gasteiger partial charge in [-0.2, -0.15) is 0 Å². The average molecular weight is 230 g/mol. The fourth-order valence-electron chi connectivity index (χ4n) is 0.984. The van der Waals surface area contributed by atoms with Crippen LogP contribution >= 0.6 is 0 Å². The van der Waals surface area contributed by atoms with Crippen molar-refractivity contribution in [3.63, 3.8) is 0 Å². The van der Waals surface area contributed by atoms with E-state index in [1.165, 1.54) is 12.1 Å². The van der Waals surface area contributed by atoms with Crippen molar-refractivity contribution in [3.05, 3.63) is 29.8 Å². The van der Waals surface area contributed by atoms with Gasteiger partial charge in [-0.1, -0.05) is 0 Å². The van der Waals surface area contributed by atoms with Crippen molar-refractivity contribution < 1.29 is 23.4 Å². The van der Waals surface area contributed by atoms with Crippen LogP contribution in [0.2, 0.25) is 0 Å². The van der Waals surface area contributed by atoms with Gasteiger partial charge in [-0.15, -0.1) is 0 Å². The number of hydrogen-bond donors (Lipinski definition) is 2. The van der Waals surface area contributed by atoms with E-state index in [4.69, 9.17) is 10.2 Å². The van der Waals surface area contributed by atoms with Gasteiger partial charge < -0.3 is 10.2 Å². The van der Waals surface area contributed by atoms with Crippen LogP contribution in [0.4, 0.5) is 0 Å². The van der Waals surface area contributed by atoms with E-state index in [1.54, 1.807) is 0 Å². The minimum absolute atomic E-state index is 0.000423. The van der Waals surface area contributed by atoms with Crippen LogP contribution in [0, 0.1) is 0 Å². The van der Waals surface area contributed by atoms with Crippen LogP contribution < -0.4 is 0 Å². The van der Waals surface area contributed by atoms with Crippen molar-refractivity contribution in [1.82, 2.24) is 0 Å². The Hall–Kier alpha value is -1.40. The minimum Gasteiger partial charge on any atom is -0.478 e. The molecule has 15 heavy (non-hydrogen) atoms. The van der Waals surface area contributed by atoms with E-state index in [0.717, 1.165) is 19.1 Å². The minimum atomic E-state index is -3.76. The van der Waals surface area contributed by atoms with Gasteiger partial charge in [-0.05, 0) is 31.2 Å². The topological polar surface area (TPSA) is 91.7 Å². The summed E-state index contributed by atoms with van der Waals surface area (Å²) in [5.74, 6) is -1.13. The molecule has 0 saturated carbocycles. The first-order valence-corrected chi connectivity index (χ1v) is 5.65. The van der Waals surface area contributed by atoms with Crippen molar-refractivity contribution in [2.24, 2.45) is 0 Å². The van der Waals surface area contributed by atoms with E-state index in [0.29, 0.717) is 0 Å². The Morgan fingerprint density at radius 1 is 1.27 bits per heavy atom. The third-order valence-electron chi connectivity index (χ3n) is 1.88. The lowest BCUT2D eigenvalue weighted by Gasteiger charge is -2.06. The molecular formula is C9H10O5S. The van der Waals surface area contributed by atoms with Crippen LogP contribution in [-0.4, -0.2) is 30.0 Å². The molecule has 0 aliphatic heterocycles. The van der Waals surface area contributed by atoms with Gasteiger partial charge in [0, 0.05) is 0 Å². The molecule has 2 N–H and O–H groups in total. The molecule has 0 saturated heterocycles. The number of rotatable bonds is 3. The molecule has 5 nitrogen and oxygen atoms in total. The Labute approximate surface area is 86.9 Å². The van der Waals surface area contributed by atoms with Crippen molar-refractivity contribution >= 4 is 15.8 Å². The van der Waals surface area contributed by atoms with Crippen LogP contribution in [-0.2, 0) is 9.84 Å². The summed E-state index contributed by atoms with van der Waals surface area (Å²) >= 11 is 0. The molecule has 6 heteroatoms. The summed E-state index contributed by atoms with van der Waals surface area (Å²) in [7, 11) is -3.76. The summed E-state index contributed by atoms with van der Waals surface area (Å²) in [5.41, 5.74) is -1.51. The zero-order valence-corrected chi connectivity index (χ0v) is 8.73. The fourth-order valence-corrected chi connectivity index (χ4v) is 1.89. The van der Waals surface area contributed by atoms with Gasteiger partial charge in [-0.25, -0.2) is 13.2 Å². The molecule has 0 spiro atoms. The van der Waals surface area contributed by atoms with Crippen molar-refractivity contribution in [2.45, 2.75) is 17.3 Å². The van der Waals surface area contributed by atoms with Crippen LogP contribution in [0.25, 0.3) is 0 Å². The summed E-state index contributed by atoms with van der Waals surface area (Å²) in [6.07, 6.45) is 0. The number of carboxylic acids is 1. The van der Waals surface area contributed by atoms with E-state index in [-0.39, 0.29) is 10.5 Å². The highest BCUT2D eigenvalue weighted by molar-refractivity contribution is 7.91. The largest absolute Gasteiger partial charge is 0.478 e. The van der Waals surface area contributed by atoms with Gasteiger partial charge in [-0.3, -0.25) is 0 Å². The number of aliphatic hydroxyl groups is 1. The maximum atomic E-state index is 11.4. The maximum Gasteiger partial charge on any atom is 0.335 e. The predicted octanol–water partition coefficient (Wildman–Crippen LogP) is 0.497. The average Bonchev–Trinajstić information content (AvgIpc) is 2.17. The number of hydrogen-bond acceptors (Lipinski definition) is 4. The van der Waals surface area contributed by atoms with Crippen molar-refractivity contribution in [3.8, 4) is 0 Å². The molecule has 0 aromatic heterocycles. The highest BCUT2D eigenvalue weighted by atomic mass is 32.2. The lowest BCUT2D eigenvalue weighted by Crippen LogP contribution is -2.16. The quantitative estimate of drug-likeness (QED) is 0.788. The van der Waals surface area contributed by atoms with Gasteiger partial charge in [0.2, 0.25) is 9.84 Å². The van der Waals surface area contributed by atoms with Crippen LogP contribution in [0.1, 0.15) is 17.3 Å². The number of aromatic carboxylic acids is 1. The Balaban J connectivity index is 3.15. The predicted molar refractivity (Wildman–Crippen MR) is 52.3 cm³/mol. The number of carboxylic acid groups (broad SMARTS) is 1. The highest BCUT2D eigenvalue weighted by Gasteiger charge is 2.20. The summed E-state index contributed by atoms with van der Waals surface area (Å²) in [5, 5.41) is 17.6. The fraction of sp³-hybridized carbons (Fsp3) is 0.222. The zero-order valence-electron chi connectivity index (χ0n) is 7.91. The Morgan fingerprint density at radius 2 is 1.73 bits per heavy atom.